The van der Waals surface area contributed by atoms with E-state index in [1.807, 2.05) is 0 Å². The maximum Gasteiger partial charge on any atom is 0.259 e. The second-order valence-corrected chi connectivity index (χ2v) is 5.62. The highest BCUT2D eigenvalue weighted by molar-refractivity contribution is 5.96. The van der Waals surface area contributed by atoms with Gasteiger partial charge in [-0.05, 0) is 44.7 Å². The summed E-state index contributed by atoms with van der Waals surface area (Å²) in [6, 6.07) is 5.64. The van der Waals surface area contributed by atoms with Gasteiger partial charge in [0.05, 0.1) is 11.6 Å². The van der Waals surface area contributed by atoms with E-state index in [-0.39, 0.29) is 29.6 Å². The van der Waals surface area contributed by atoms with E-state index < -0.39 is 17.3 Å². The summed E-state index contributed by atoms with van der Waals surface area (Å²) < 4.78 is 18.5. The van der Waals surface area contributed by atoms with Crippen LogP contribution in [0.1, 0.15) is 37.0 Å². The van der Waals surface area contributed by atoms with Crippen molar-refractivity contribution in [2.45, 2.75) is 32.2 Å². The number of ether oxygens (including phenoxy) is 1. The molecule has 0 unspecified atom stereocenters. The summed E-state index contributed by atoms with van der Waals surface area (Å²) in [6.45, 7) is 2.62. The summed E-state index contributed by atoms with van der Waals surface area (Å²) in [5.74, 6) is -1.14. The molecule has 5 nitrogen and oxygen atoms in total. The van der Waals surface area contributed by atoms with Crippen molar-refractivity contribution in [1.82, 2.24) is 5.32 Å². The van der Waals surface area contributed by atoms with Gasteiger partial charge in [-0.15, -0.1) is 0 Å². The van der Waals surface area contributed by atoms with Crippen LogP contribution in [0.4, 0.5) is 4.39 Å². The lowest BCUT2D eigenvalue weighted by molar-refractivity contribution is -0.124. The van der Waals surface area contributed by atoms with E-state index in [1.54, 1.807) is 6.92 Å². The van der Waals surface area contributed by atoms with Crippen LogP contribution in [-0.2, 0) is 4.79 Å². The molecule has 1 aromatic carbocycles. The van der Waals surface area contributed by atoms with E-state index in [1.165, 1.54) is 13.0 Å². The van der Waals surface area contributed by atoms with E-state index in [9.17, 15) is 19.2 Å². The summed E-state index contributed by atoms with van der Waals surface area (Å²) in [5.41, 5.74) is -0.703. The number of benzene rings is 1. The Morgan fingerprint density at radius 3 is 2.73 bits per heavy atom. The molecule has 1 aliphatic carbocycles. The average Bonchev–Trinajstić information content (AvgIpc) is 3.29. The number of nitrogens with one attached hydrogen (secondary N) is 1. The van der Waals surface area contributed by atoms with Gasteiger partial charge in [0.2, 0.25) is 0 Å². The van der Waals surface area contributed by atoms with Crippen molar-refractivity contribution in [3.8, 4) is 11.8 Å². The summed E-state index contributed by atoms with van der Waals surface area (Å²) in [7, 11) is 0. The van der Waals surface area contributed by atoms with E-state index in [0.29, 0.717) is 0 Å². The van der Waals surface area contributed by atoms with Gasteiger partial charge in [-0.1, -0.05) is 0 Å². The maximum atomic E-state index is 13.2. The van der Waals surface area contributed by atoms with Crippen molar-refractivity contribution >= 4 is 11.7 Å². The highest BCUT2D eigenvalue weighted by atomic mass is 19.1. The summed E-state index contributed by atoms with van der Waals surface area (Å²) in [6.07, 6.45) is 1.81. The van der Waals surface area contributed by atoms with Gasteiger partial charge in [-0.3, -0.25) is 9.59 Å². The molecule has 0 aliphatic heterocycles. The van der Waals surface area contributed by atoms with Gasteiger partial charge >= 0.3 is 0 Å². The highest BCUT2D eigenvalue weighted by Gasteiger charge is 2.43. The standard InChI is InChI=1S/C16H17FN2O3/c1-10(20)13-6-5-12(17)7-14(13)22-8-15(21)19-16(2,9-18)11-3-4-11/h5-7,11H,3-4,8H2,1-2H3,(H,19,21)/t16-/m1/s1. The molecule has 1 saturated carbocycles. The highest BCUT2D eigenvalue weighted by Crippen LogP contribution is 2.39. The Bertz CT molecular complexity index is 649. The van der Waals surface area contributed by atoms with Crippen LogP contribution in [-0.4, -0.2) is 23.8 Å². The summed E-state index contributed by atoms with van der Waals surface area (Å²) in [5, 5.41) is 11.8. The Kier molecular flexibility index (Phi) is 4.45. The first-order valence-electron chi connectivity index (χ1n) is 7.01. The number of carbonyl (C=O) groups is 2. The monoisotopic (exact) mass is 304 g/mol. The number of nitrogens with zero attached hydrogens (tertiary/aromatic N) is 1. The Morgan fingerprint density at radius 2 is 2.18 bits per heavy atom. The van der Waals surface area contributed by atoms with Crippen molar-refractivity contribution in [1.29, 1.82) is 5.26 Å². The molecular weight excluding hydrogens is 287 g/mol. The van der Waals surface area contributed by atoms with E-state index in [4.69, 9.17) is 4.74 Å². The van der Waals surface area contributed by atoms with Gasteiger partial charge in [0, 0.05) is 6.07 Å². The normalized spacial score (nSPS) is 16.3. The molecule has 1 aliphatic rings. The van der Waals surface area contributed by atoms with E-state index in [0.717, 1.165) is 25.0 Å². The zero-order valence-electron chi connectivity index (χ0n) is 12.5. The Morgan fingerprint density at radius 1 is 1.50 bits per heavy atom. The molecule has 0 bridgehead atoms. The number of halogens is 1. The van der Waals surface area contributed by atoms with Crippen LogP contribution in [0.2, 0.25) is 0 Å². The van der Waals surface area contributed by atoms with Crippen LogP contribution < -0.4 is 10.1 Å². The van der Waals surface area contributed by atoms with Crippen LogP contribution in [0.5, 0.6) is 5.75 Å². The summed E-state index contributed by atoms with van der Waals surface area (Å²) >= 11 is 0. The van der Waals surface area contributed by atoms with Gasteiger partial charge < -0.3 is 10.1 Å². The maximum absolute atomic E-state index is 13.2. The van der Waals surface area contributed by atoms with Crippen LogP contribution >= 0.6 is 0 Å². The van der Waals surface area contributed by atoms with Gasteiger partial charge in [-0.25, -0.2) is 4.39 Å². The fraction of sp³-hybridized carbons (Fsp3) is 0.438. The largest absolute Gasteiger partial charge is 0.483 e. The number of rotatable bonds is 6. The predicted molar refractivity (Wildman–Crippen MR) is 76.8 cm³/mol. The average molecular weight is 304 g/mol. The van der Waals surface area contributed by atoms with Crippen molar-refractivity contribution in [2.75, 3.05) is 6.61 Å². The number of hydrogen-bond acceptors (Lipinski definition) is 4. The van der Waals surface area contributed by atoms with Crippen molar-refractivity contribution in [3.05, 3.63) is 29.6 Å². The quantitative estimate of drug-likeness (QED) is 0.817. The first kappa shape index (κ1) is 16.0. The molecule has 0 radical (unpaired) electrons. The lowest BCUT2D eigenvalue weighted by atomic mass is 9.98. The molecule has 1 atom stereocenters. The molecular formula is C16H17FN2O3. The molecule has 1 amide bonds. The van der Waals surface area contributed by atoms with E-state index >= 15 is 0 Å². The van der Waals surface area contributed by atoms with Gasteiger partial charge in [0.25, 0.3) is 5.91 Å². The van der Waals surface area contributed by atoms with Gasteiger partial charge in [0.15, 0.2) is 12.4 Å². The van der Waals surface area contributed by atoms with Crippen LogP contribution in [0.25, 0.3) is 0 Å². The van der Waals surface area contributed by atoms with Crippen molar-refractivity contribution in [2.24, 2.45) is 5.92 Å². The number of carbonyl (C=O) groups excluding carboxylic acids is 2. The minimum Gasteiger partial charge on any atom is -0.483 e. The van der Waals surface area contributed by atoms with Crippen LogP contribution in [0, 0.1) is 23.1 Å². The zero-order chi connectivity index (χ0) is 16.3. The molecule has 1 fully saturated rings. The minimum atomic E-state index is -0.911. The topological polar surface area (TPSA) is 79.2 Å². The Balaban J connectivity index is 2.01. The third-order valence-electron chi connectivity index (χ3n) is 3.71. The smallest absolute Gasteiger partial charge is 0.259 e. The lowest BCUT2D eigenvalue weighted by Crippen LogP contribution is -2.48. The minimum absolute atomic E-state index is 0.0210. The molecule has 0 spiro atoms. The molecule has 1 N–H and O–H groups in total. The molecule has 1 aromatic rings. The SMILES string of the molecule is CC(=O)c1ccc(F)cc1OCC(=O)N[C@](C)(C#N)C1CC1. The fourth-order valence-electron chi connectivity index (χ4n) is 2.26. The number of hydrogen-bond donors (Lipinski definition) is 1. The molecule has 22 heavy (non-hydrogen) atoms. The third kappa shape index (κ3) is 3.61. The molecule has 116 valence electrons. The van der Waals surface area contributed by atoms with Crippen LogP contribution in [0.15, 0.2) is 18.2 Å². The molecule has 0 heterocycles. The number of nitriles is 1. The third-order valence-corrected chi connectivity index (χ3v) is 3.71. The van der Waals surface area contributed by atoms with Crippen LogP contribution in [0.3, 0.4) is 0 Å². The van der Waals surface area contributed by atoms with Crippen molar-refractivity contribution in [3.63, 3.8) is 0 Å². The fourth-order valence-corrected chi connectivity index (χ4v) is 2.26. The first-order valence-corrected chi connectivity index (χ1v) is 7.01. The second kappa shape index (κ2) is 6.14. The van der Waals surface area contributed by atoms with Crippen molar-refractivity contribution < 1.29 is 18.7 Å². The Labute approximate surface area is 128 Å². The number of Topliss-reactive ketones (excluding diaryl/α,β-unsaturated/α-hetero) is 1. The molecule has 0 aromatic heterocycles. The number of amides is 1. The molecule has 0 saturated heterocycles. The van der Waals surface area contributed by atoms with E-state index in [2.05, 4.69) is 11.4 Å². The molecule has 6 heteroatoms. The van der Waals surface area contributed by atoms with Gasteiger partial charge in [0.1, 0.15) is 17.1 Å². The Hall–Kier alpha value is -2.42. The predicted octanol–water partition coefficient (Wildman–Crippen LogP) is 2.22. The lowest BCUT2D eigenvalue weighted by Gasteiger charge is -2.23. The summed E-state index contributed by atoms with van der Waals surface area (Å²) in [4.78, 5) is 23.4. The first-order chi connectivity index (χ1) is 10.4. The second-order valence-electron chi connectivity index (χ2n) is 5.62. The number of ketones is 1. The zero-order valence-corrected chi connectivity index (χ0v) is 12.5. The van der Waals surface area contributed by atoms with Gasteiger partial charge in [-0.2, -0.15) is 5.26 Å². The molecule has 2 rings (SSSR count).